The van der Waals surface area contributed by atoms with E-state index in [0.29, 0.717) is 6.04 Å². The second kappa shape index (κ2) is 8.23. The fourth-order valence-electron chi connectivity index (χ4n) is 2.90. The zero-order chi connectivity index (χ0) is 14.3. The minimum Gasteiger partial charge on any atom is -0.394 e. The Bertz CT molecular complexity index is 243. The van der Waals surface area contributed by atoms with Gasteiger partial charge in [0.2, 0.25) is 0 Å². The lowest BCUT2D eigenvalue weighted by atomic mass is 9.93. The van der Waals surface area contributed by atoms with Gasteiger partial charge in [0.05, 0.1) is 6.61 Å². The van der Waals surface area contributed by atoms with Crippen LogP contribution in [0.1, 0.15) is 66.2 Å². The lowest BCUT2D eigenvalue weighted by Gasteiger charge is -2.37. The van der Waals surface area contributed by atoms with Crippen LogP contribution in [0.5, 0.6) is 0 Å². The summed E-state index contributed by atoms with van der Waals surface area (Å²) >= 11 is 0. The summed E-state index contributed by atoms with van der Waals surface area (Å²) in [6.45, 7) is 11.4. The van der Waals surface area contributed by atoms with Gasteiger partial charge in [-0.2, -0.15) is 0 Å². The molecule has 3 nitrogen and oxygen atoms in total. The standard InChI is InChI=1S/C16H34N2O/c1-5-7-11-18(15-8-9-15)14(3)12-16(4,13-19)17-10-6-2/h14-15,17,19H,5-13H2,1-4H3. The number of aliphatic hydroxyl groups is 1. The van der Waals surface area contributed by atoms with E-state index in [2.05, 4.69) is 37.9 Å². The maximum atomic E-state index is 9.69. The molecule has 0 radical (unpaired) electrons. The molecule has 19 heavy (non-hydrogen) atoms. The number of aliphatic hydroxyl groups excluding tert-OH is 1. The molecule has 0 aromatic carbocycles. The van der Waals surface area contributed by atoms with Gasteiger partial charge in [0.15, 0.2) is 0 Å². The second-order valence-corrected chi connectivity index (χ2v) is 6.52. The van der Waals surface area contributed by atoms with E-state index in [1.54, 1.807) is 0 Å². The first kappa shape index (κ1) is 16.9. The van der Waals surface area contributed by atoms with E-state index in [0.717, 1.165) is 25.4 Å². The van der Waals surface area contributed by atoms with Gasteiger partial charge in [-0.3, -0.25) is 4.90 Å². The van der Waals surface area contributed by atoms with Crippen LogP contribution < -0.4 is 5.32 Å². The van der Waals surface area contributed by atoms with E-state index < -0.39 is 0 Å². The van der Waals surface area contributed by atoms with Crippen molar-refractivity contribution in [1.82, 2.24) is 10.2 Å². The van der Waals surface area contributed by atoms with E-state index in [1.165, 1.54) is 32.2 Å². The highest BCUT2D eigenvalue weighted by atomic mass is 16.3. The fourth-order valence-corrected chi connectivity index (χ4v) is 2.90. The van der Waals surface area contributed by atoms with Gasteiger partial charge in [0.25, 0.3) is 0 Å². The lowest BCUT2D eigenvalue weighted by molar-refractivity contribution is 0.109. The topological polar surface area (TPSA) is 35.5 Å². The molecule has 0 bridgehead atoms. The zero-order valence-electron chi connectivity index (χ0n) is 13.4. The summed E-state index contributed by atoms with van der Waals surface area (Å²) in [5.41, 5.74) is -0.130. The minimum absolute atomic E-state index is 0.130. The highest BCUT2D eigenvalue weighted by Crippen LogP contribution is 2.31. The van der Waals surface area contributed by atoms with Crippen LogP contribution in [0.4, 0.5) is 0 Å². The van der Waals surface area contributed by atoms with E-state index in [4.69, 9.17) is 0 Å². The lowest BCUT2D eigenvalue weighted by Crippen LogP contribution is -2.51. The zero-order valence-corrected chi connectivity index (χ0v) is 13.4. The minimum atomic E-state index is -0.130. The number of unbranched alkanes of at least 4 members (excludes halogenated alkanes) is 1. The molecule has 1 fully saturated rings. The van der Waals surface area contributed by atoms with Gasteiger partial charge in [-0.1, -0.05) is 20.3 Å². The maximum absolute atomic E-state index is 9.69. The molecule has 2 atom stereocenters. The Morgan fingerprint density at radius 2 is 2.00 bits per heavy atom. The average molecular weight is 270 g/mol. The predicted octanol–water partition coefficient (Wildman–Crippen LogP) is 2.78. The largest absolute Gasteiger partial charge is 0.394 e. The van der Waals surface area contributed by atoms with Gasteiger partial charge in [-0.15, -0.1) is 0 Å². The first-order valence-electron chi connectivity index (χ1n) is 8.18. The molecule has 1 aliphatic carbocycles. The van der Waals surface area contributed by atoms with Gasteiger partial charge >= 0.3 is 0 Å². The van der Waals surface area contributed by atoms with Crippen molar-refractivity contribution < 1.29 is 5.11 Å². The van der Waals surface area contributed by atoms with Gasteiger partial charge in [0, 0.05) is 17.6 Å². The summed E-state index contributed by atoms with van der Waals surface area (Å²) in [6.07, 6.45) is 7.44. The molecule has 0 spiro atoms. The SMILES string of the molecule is CCCCN(C(C)CC(C)(CO)NCCC)C1CC1. The Kier molecular flexibility index (Phi) is 7.33. The van der Waals surface area contributed by atoms with Gasteiger partial charge in [-0.25, -0.2) is 0 Å². The molecule has 1 saturated carbocycles. The molecule has 0 heterocycles. The van der Waals surface area contributed by atoms with Gasteiger partial charge in [-0.05, 0) is 59.0 Å². The maximum Gasteiger partial charge on any atom is 0.0611 e. The van der Waals surface area contributed by atoms with Crippen LogP contribution in [0.15, 0.2) is 0 Å². The molecule has 3 heteroatoms. The Labute approximate surface area is 119 Å². The van der Waals surface area contributed by atoms with E-state index in [9.17, 15) is 5.11 Å². The molecular weight excluding hydrogens is 236 g/mol. The van der Waals surface area contributed by atoms with Crippen LogP contribution in [0, 0.1) is 0 Å². The Hall–Kier alpha value is -0.120. The number of hydrogen-bond donors (Lipinski definition) is 2. The number of nitrogens with one attached hydrogen (secondary N) is 1. The van der Waals surface area contributed by atoms with Crippen LogP contribution in [0.3, 0.4) is 0 Å². The molecular formula is C16H34N2O. The first-order chi connectivity index (χ1) is 9.06. The van der Waals surface area contributed by atoms with E-state index >= 15 is 0 Å². The van der Waals surface area contributed by atoms with Crippen molar-refractivity contribution >= 4 is 0 Å². The summed E-state index contributed by atoms with van der Waals surface area (Å²) in [5.74, 6) is 0. The third-order valence-electron chi connectivity index (χ3n) is 4.25. The molecule has 114 valence electrons. The number of nitrogens with zero attached hydrogens (tertiary/aromatic N) is 1. The van der Waals surface area contributed by atoms with Gasteiger partial charge in [0.1, 0.15) is 0 Å². The van der Waals surface area contributed by atoms with Crippen molar-refractivity contribution in [2.75, 3.05) is 19.7 Å². The highest BCUT2D eigenvalue weighted by molar-refractivity contribution is 4.92. The second-order valence-electron chi connectivity index (χ2n) is 6.52. The Morgan fingerprint density at radius 3 is 2.47 bits per heavy atom. The van der Waals surface area contributed by atoms with Crippen molar-refractivity contribution in [2.45, 2.75) is 83.8 Å². The third kappa shape index (κ3) is 5.80. The summed E-state index contributed by atoms with van der Waals surface area (Å²) < 4.78 is 0. The van der Waals surface area contributed by atoms with Crippen molar-refractivity contribution in [1.29, 1.82) is 0 Å². The van der Waals surface area contributed by atoms with Crippen LogP contribution >= 0.6 is 0 Å². The molecule has 0 aromatic rings. The smallest absolute Gasteiger partial charge is 0.0611 e. The molecule has 1 rings (SSSR count). The summed E-state index contributed by atoms with van der Waals surface area (Å²) in [6, 6.07) is 1.37. The molecule has 0 aromatic heterocycles. The normalized spacial score (nSPS) is 20.5. The van der Waals surface area contributed by atoms with Crippen molar-refractivity contribution in [3.05, 3.63) is 0 Å². The third-order valence-corrected chi connectivity index (χ3v) is 4.25. The molecule has 0 amide bonds. The number of rotatable bonds is 11. The Morgan fingerprint density at radius 1 is 1.32 bits per heavy atom. The van der Waals surface area contributed by atoms with E-state index in [-0.39, 0.29) is 12.1 Å². The van der Waals surface area contributed by atoms with Crippen molar-refractivity contribution in [2.24, 2.45) is 0 Å². The van der Waals surface area contributed by atoms with Crippen LogP contribution in [-0.2, 0) is 0 Å². The molecule has 1 aliphatic rings. The Balaban J connectivity index is 2.50. The summed E-state index contributed by atoms with van der Waals surface area (Å²) in [4.78, 5) is 2.67. The quantitative estimate of drug-likeness (QED) is 0.606. The molecule has 0 saturated heterocycles. The van der Waals surface area contributed by atoms with Crippen molar-refractivity contribution in [3.63, 3.8) is 0 Å². The molecule has 2 N–H and O–H groups in total. The van der Waals surface area contributed by atoms with Crippen LogP contribution in [-0.4, -0.2) is 47.3 Å². The highest BCUT2D eigenvalue weighted by Gasteiger charge is 2.35. The summed E-state index contributed by atoms with van der Waals surface area (Å²) in [7, 11) is 0. The summed E-state index contributed by atoms with van der Waals surface area (Å²) in [5, 5.41) is 13.2. The van der Waals surface area contributed by atoms with Crippen LogP contribution in [0.2, 0.25) is 0 Å². The van der Waals surface area contributed by atoms with Crippen LogP contribution in [0.25, 0.3) is 0 Å². The van der Waals surface area contributed by atoms with Gasteiger partial charge < -0.3 is 10.4 Å². The average Bonchev–Trinajstić information content (AvgIpc) is 3.21. The predicted molar refractivity (Wildman–Crippen MR) is 82.5 cm³/mol. The first-order valence-corrected chi connectivity index (χ1v) is 8.18. The molecule has 0 aliphatic heterocycles. The fraction of sp³-hybridized carbons (Fsp3) is 1.00. The molecule has 2 unspecified atom stereocenters. The number of hydrogen-bond acceptors (Lipinski definition) is 3. The van der Waals surface area contributed by atoms with Crippen molar-refractivity contribution in [3.8, 4) is 0 Å². The monoisotopic (exact) mass is 270 g/mol. The van der Waals surface area contributed by atoms with E-state index in [1.807, 2.05) is 0 Å².